The zero-order valence-corrected chi connectivity index (χ0v) is 12.4. The molecule has 1 fully saturated rings. The molecule has 1 aliphatic rings. The summed E-state index contributed by atoms with van der Waals surface area (Å²) in [4.78, 5) is 4.77. The van der Waals surface area contributed by atoms with E-state index in [0.717, 1.165) is 25.4 Å². The Morgan fingerprint density at radius 2 is 2.30 bits per heavy atom. The van der Waals surface area contributed by atoms with Crippen LogP contribution in [-0.4, -0.2) is 56.2 Å². The van der Waals surface area contributed by atoms with Gasteiger partial charge in [0.2, 0.25) is 0 Å². The van der Waals surface area contributed by atoms with Gasteiger partial charge in [0, 0.05) is 19.1 Å². The first-order chi connectivity index (χ1) is 9.69. The Bertz CT molecular complexity index is 467. The van der Waals surface area contributed by atoms with E-state index >= 15 is 0 Å². The number of piperidine rings is 1. The van der Waals surface area contributed by atoms with Crippen LogP contribution in [0.25, 0.3) is 0 Å². The summed E-state index contributed by atoms with van der Waals surface area (Å²) in [6, 6.07) is 10.1. The lowest BCUT2D eigenvalue weighted by Crippen LogP contribution is -2.46. The molecule has 0 radical (unpaired) electrons. The van der Waals surface area contributed by atoms with Crippen LogP contribution in [0.4, 0.5) is 0 Å². The molecule has 1 saturated heterocycles. The van der Waals surface area contributed by atoms with Crippen molar-refractivity contribution in [3.8, 4) is 11.8 Å². The molecule has 4 heteroatoms. The smallest absolute Gasteiger partial charge is 0.120 e. The number of likely N-dealkylation sites (tertiary alicyclic amines) is 1. The molecule has 4 nitrogen and oxygen atoms in total. The number of benzene rings is 1. The van der Waals surface area contributed by atoms with Crippen LogP contribution in [0.15, 0.2) is 24.3 Å². The summed E-state index contributed by atoms with van der Waals surface area (Å²) in [5.41, 5.74) is 0.646. The molecule has 0 aromatic heterocycles. The lowest BCUT2D eigenvalue weighted by atomic mass is 10.1. The summed E-state index contributed by atoms with van der Waals surface area (Å²) < 4.78 is 5.74. The van der Waals surface area contributed by atoms with E-state index < -0.39 is 0 Å². The molecule has 0 spiro atoms. The minimum atomic E-state index is 0.646. The molecule has 0 aliphatic carbocycles. The molecule has 0 saturated carbocycles. The third-order valence-corrected chi connectivity index (χ3v) is 3.85. The summed E-state index contributed by atoms with van der Waals surface area (Å²) in [5, 5.41) is 8.85. The van der Waals surface area contributed by atoms with Crippen molar-refractivity contribution in [2.75, 3.05) is 40.3 Å². The van der Waals surface area contributed by atoms with Crippen molar-refractivity contribution in [1.82, 2.24) is 9.80 Å². The highest BCUT2D eigenvalue weighted by Gasteiger charge is 2.20. The largest absolute Gasteiger partial charge is 0.492 e. The van der Waals surface area contributed by atoms with Crippen molar-refractivity contribution in [1.29, 1.82) is 5.26 Å². The topological polar surface area (TPSA) is 39.5 Å². The van der Waals surface area contributed by atoms with Crippen molar-refractivity contribution in [3.63, 3.8) is 0 Å². The first-order valence-corrected chi connectivity index (χ1v) is 7.21. The van der Waals surface area contributed by atoms with Crippen LogP contribution in [-0.2, 0) is 0 Å². The first-order valence-electron chi connectivity index (χ1n) is 7.21. The standard InChI is InChI=1S/C16H23N3O/c1-18(2)15-6-4-8-19(13-15)9-10-20-16-7-3-5-14(11-16)12-17/h3,5,7,11,15H,4,6,8-10,13H2,1-2H3. The van der Waals surface area contributed by atoms with Crippen molar-refractivity contribution in [2.24, 2.45) is 0 Å². The van der Waals surface area contributed by atoms with Gasteiger partial charge < -0.3 is 9.64 Å². The summed E-state index contributed by atoms with van der Waals surface area (Å²) in [6.45, 7) is 3.90. The van der Waals surface area contributed by atoms with Gasteiger partial charge in [-0.2, -0.15) is 5.26 Å². The Hall–Kier alpha value is -1.57. The highest BCUT2D eigenvalue weighted by molar-refractivity contribution is 5.36. The molecule has 1 heterocycles. The lowest BCUT2D eigenvalue weighted by Gasteiger charge is -2.36. The van der Waals surface area contributed by atoms with Gasteiger partial charge in [-0.3, -0.25) is 4.90 Å². The fourth-order valence-corrected chi connectivity index (χ4v) is 2.60. The summed E-state index contributed by atoms with van der Waals surface area (Å²) in [6.07, 6.45) is 2.54. The average molecular weight is 273 g/mol. The van der Waals surface area contributed by atoms with E-state index in [1.807, 2.05) is 12.1 Å². The molecule has 1 unspecified atom stereocenters. The molecule has 1 aliphatic heterocycles. The molecule has 108 valence electrons. The van der Waals surface area contributed by atoms with E-state index in [4.69, 9.17) is 10.00 Å². The molecule has 20 heavy (non-hydrogen) atoms. The predicted molar refractivity (Wildman–Crippen MR) is 79.8 cm³/mol. The number of hydrogen-bond donors (Lipinski definition) is 0. The quantitative estimate of drug-likeness (QED) is 0.822. The second kappa shape index (κ2) is 7.28. The Morgan fingerprint density at radius 1 is 1.45 bits per heavy atom. The van der Waals surface area contributed by atoms with Crippen molar-refractivity contribution in [3.05, 3.63) is 29.8 Å². The molecule has 0 N–H and O–H groups in total. The van der Waals surface area contributed by atoms with Crippen LogP contribution in [0.5, 0.6) is 5.75 Å². The zero-order valence-electron chi connectivity index (χ0n) is 12.4. The molecule has 2 rings (SSSR count). The maximum absolute atomic E-state index is 8.85. The molecule has 0 amide bonds. The average Bonchev–Trinajstić information content (AvgIpc) is 2.48. The van der Waals surface area contributed by atoms with Crippen LogP contribution in [0.1, 0.15) is 18.4 Å². The van der Waals surface area contributed by atoms with Crippen LogP contribution in [0.3, 0.4) is 0 Å². The monoisotopic (exact) mass is 273 g/mol. The van der Waals surface area contributed by atoms with E-state index in [1.165, 1.54) is 12.8 Å². The summed E-state index contributed by atoms with van der Waals surface area (Å²) in [5.74, 6) is 0.783. The predicted octanol–water partition coefficient (Wildman–Crippen LogP) is 1.96. The highest BCUT2D eigenvalue weighted by atomic mass is 16.5. The number of nitriles is 1. The fraction of sp³-hybridized carbons (Fsp3) is 0.562. The van der Waals surface area contributed by atoms with E-state index in [1.54, 1.807) is 12.1 Å². The van der Waals surface area contributed by atoms with E-state index in [-0.39, 0.29) is 0 Å². The Kier molecular flexibility index (Phi) is 5.40. The maximum atomic E-state index is 8.85. The number of ether oxygens (including phenoxy) is 1. The zero-order chi connectivity index (χ0) is 14.4. The Labute approximate surface area is 121 Å². The lowest BCUT2D eigenvalue weighted by molar-refractivity contribution is 0.117. The normalized spacial score (nSPS) is 19.8. The molecule has 1 atom stereocenters. The minimum Gasteiger partial charge on any atom is -0.492 e. The van der Waals surface area contributed by atoms with Crippen LogP contribution in [0.2, 0.25) is 0 Å². The summed E-state index contributed by atoms with van der Waals surface area (Å²) >= 11 is 0. The van der Waals surface area contributed by atoms with Gasteiger partial charge in [-0.25, -0.2) is 0 Å². The Morgan fingerprint density at radius 3 is 3.05 bits per heavy atom. The van der Waals surface area contributed by atoms with Gasteiger partial charge in [-0.15, -0.1) is 0 Å². The summed E-state index contributed by atoms with van der Waals surface area (Å²) in [7, 11) is 4.30. The Balaban J connectivity index is 1.76. The number of rotatable bonds is 5. The number of nitrogens with zero attached hydrogens (tertiary/aromatic N) is 3. The third-order valence-electron chi connectivity index (χ3n) is 3.85. The second-order valence-electron chi connectivity index (χ2n) is 5.55. The SMILES string of the molecule is CN(C)C1CCCN(CCOc2cccc(C#N)c2)C1. The van der Waals surface area contributed by atoms with E-state index in [2.05, 4.69) is 30.0 Å². The van der Waals surface area contributed by atoms with Gasteiger partial charge in [0.25, 0.3) is 0 Å². The van der Waals surface area contributed by atoms with E-state index in [9.17, 15) is 0 Å². The van der Waals surface area contributed by atoms with Gasteiger partial charge >= 0.3 is 0 Å². The highest BCUT2D eigenvalue weighted by Crippen LogP contribution is 2.15. The van der Waals surface area contributed by atoms with E-state index in [0.29, 0.717) is 18.2 Å². The van der Waals surface area contributed by atoms with Crippen molar-refractivity contribution >= 4 is 0 Å². The van der Waals surface area contributed by atoms with Gasteiger partial charge in [-0.1, -0.05) is 6.07 Å². The molecular formula is C16H23N3O. The van der Waals surface area contributed by atoms with Crippen molar-refractivity contribution < 1.29 is 4.74 Å². The fourth-order valence-electron chi connectivity index (χ4n) is 2.60. The number of likely N-dealkylation sites (N-methyl/N-ethyl adjacent to an activating group) is 1. The van der Waals surface area contributed by atoms with Gasteiger partial charge in [0.1, 0.15) is 12.4 Å². The molecule has 0 bridgehead atoms. The third kappa shape index (κ3) is 4.22. The molecular weight excluding hydrogens is 250 g/mol. The second-order valence-corrected chi connectivity index (χ2v) is 5.55. The molecule has 1 aromatic carbocycles. The van der Waals surface area contributed by atoms with Crippen LogP contribution >= 0.6 is 0 Å². The molecule has 1 aromatic rings. The van der Waals surface area contributed by atoms with Gasteiger partial charge in [0.15, 0.2) is 0 Å². The minimum absolute atomic E-state index is 0.646. The van der Waals surface area contributed by atoms with Gasteiger partial charge in [-0.05, 0) is 51.7 Å². The van der Waals surface area contributed by atoms with Crippen LogP contribution < -0.4 is 4.74 Å². The number of hydrogen-bond acceptors (Lipinski definition) is 4. The van der Waals surface area contributed by atoms with Crippen LogP contribution in [0, 0.1) is 11.3 Å². The van der Waals surface area contributed by atoms with Gasteiger partial charge in [0.05, 0.1) is 11.6 Å². The maximum Gasteiger partial charge on any atom is 0.120 e. The first kappa shape index (κ1) is 14.8. The van der Waals surface area contributed by atoms with Crippen molar-refractivity contribution in [2.45, 2.75) is 18.9 Å².